The molecule has 2 unspecified atom stereocenters. The number of benzene rings is 1. The first-order valence-corrected chi connectivity index (χ1v) is 16.7. The Labute approximate surface area is 240 Å². The number of halogens is 2. The van der Waals surface area contributed by atoms with Crippen molar-refractivity contribution in [2.45, 2.75) is 162 Å². The molecule has 2 heteroatoms. The van der Waals surface area contributed by atoms with Gasteiger partial charge in [0.25, 0.3) is 0 Å². The molecule has 0 N–H and O–H groups in total. The molecule has 0 amide bonds. The third kappa shape index (κ3) is 9.29. The van der Waals surface area contributed by atoms with Crippen LogP contribution in [-0.2, 0) is 12.8 Å². The maximum absolute atomic E-state index is 15.8. The maximum Gasteiger partial charge on any atom is 0.124 e. The standard InChI is InChI=1S/C37H58F2/c1-4-6-10-25-36(27-12-8-13-28-36)34(38)23-17-21-32-20-16-19-31(3)33(32)22-18-24-35(39)37(26-11-7-5-2)29-14-9-15-30-37/h16-20,23-24,34-35H,4-15,21-22,25-30H2,1-3H3. The number of rotatable bonds is 16. The van der Waals surface area contributed by atoms with Crippen molar-refractivity contribution in [3.63, 3.8) is 0 Å². The molecule has 2 atom stereocenters. The molecule has 0 aromatic heterocycles. The highest BCUT2D eigenvalue weighted by atomic mass is 19.1. The molecule has 0 bridgehead atoms. The van der Waals surface area contributed by atoms with Crippen molar-refractivity contribution >= 4 is 0 Å². The second kappa shape index (κ2) is 16.7. The topological polar surface area (TPSA) is 0 Å². The van der Waals surface area contributed by atoms with Gasteiger partial charge in [-0.25, -0.2) is 8.78 Å². The number of allylic oxidation sites excluding steroid dienone is 4. The van der Waals surface area contributed by atoms with Crippen LogP contribution in [0.4, 0.5) is 8.78 Å². The van der Waals surface area contributed by atoms with Crippen LogP contribution in [0.2, 0.25) is 0 Å². The van der Waals surface area contributed by atoms with Gasteiger partial charge in [0, 0.05) is 10.8 Å². The number of hydrogen-bond acceptors (Lipinski definition) is 0. The van der Waals surface area contributed by atoms with Crippen molar-refractivity contribution in [3.05, 3.63) is 59.2 Å². The third-order valence-corrected chi connectivity index (χ3v) is 10.2. The summed E-state index contributed by atoms with van der Waals surface area (Å²) in [7, 11) is 0. The van der Waals surface area contributed by atoms with E-state index in [9.17, 15) is 0 Å². The summed E-state index contributed by atoms with van der Waals surface area (Å²) in [5.74, 6) is 0. The molecule has 3 rings (SSSR count). The van der Waals surface area contributed by atoms with Gasteiger partial charge in [-0.3, -0.25) is 0 Å². The maximum atomic E-state index is 15.8. The van der Waals surface area contributed by atoms with Crippen LogP contribution < -0.4 is 0 Å². The van der Waals surface area contributed by atoms with Crippen molar-refractivity contribution < 1.29 is 8.78 Å². The van der Waals surface area contributed by atoms with E-state index >= 15 is 8.78 Å². The molecule has 0 heterocycles. The first-order chi connectivity index (χ1) is 19.0. The Balaban J connectivity index is 1.65. The molecule has 2 fully saturated rings. The van der Waals surface area contributed by atoms with Gasteiger partial charge in [-0.2, -0.15) is 0 Å². The Morgan fingerprint density at radius 2 is 1.18 bits per heavy atom. The van der Waals surface area contributed by atoms with Crippen molar-refractivity contribution in [2.24, 2.45) is 10.8 Å². The van der Waals surface area contributed by atoms with Crippen LogP contribution in [0.1, 0.15) is 146 Å². The van der Waals surface area contributed by atoms with E-state index in [1.807, 2.05) is 12.2 Å². The smallest absolute Gasteiger partial charge is 0.124 e. The molecule has 0 aliphatic heterocycles. The van der Waals surface area contributed by atoms with Gasteiger partial charge in [0.2, 0.25) is 0 Å². The monoisotopic (exact) mass is 540 g/mol. The van der Waals surface area contributed by atoms with Gasteiger partial charge in [-0.1, -0.05) is 133 Å². The Hall–Kier alpha value is -1.44. The van der Waals surface area contributed by atoms with Crippen molar-refractivity contribution in [1.29, 1.82) is 0 Å². The normalized spacial score (nSPS) is 20.9. The summed E-state index contributed by atoms with van der Waals surface area (Å²) in [6.07, 6.45) is 28.2. The zero-order chi connectivity index (χ0) is 28.0. The van der Waals surface area contributed by atoms with Crippen LogP contribution in [0, 0.1) is 17.8 Å². The summed E-state index contributed by atoms with van der Waals surface area (Å²) in [6.45, 7) is 6.61. The number of hydrogen-bond donors (Lipinski definition) is 0. The van der Waals surface area contributed by atoms with E-state index in [1.165, 1.54) is 80.9 Å². The fourth-order valence-corrected chi connectivity index (χ4v) is 7.57. The molecule has 0 nitrogen and oxygen atoms in total. The van der Waals surface area contributed by atoms with Crippen LogP contribution in [0.15, 0.2) is 42.5 Å². The Morgan fingerprint density at radius 3 is 1.67 bits per heavy atom. The lowest BCUT2D eigenvalue weighted by molar-refractivity contribution is 0.0766. The fraction of sp³-hybridized carbons (Fsp3) is 0.730. The quantitative estimate of drug-likeness (QED) is 0.144. The lowest BCUT2D eigenvalue weighted by Crippen LogP contribution is -2.33. The van der Waals surface area contributed by atoms with Crippen LogP contribution in [0.25, 0.3) is 0 Å². The number of aryl methyl sites for hydroxylation is 1. The summed E-state index contributed by atoms with van der Waals surface area (Å²) in [5.41, 5.74) is 3.47. The zero-order valence-electron chi connectivity index (χ0n) is 25.6. The molecule has 2 aliphatic rings. The average Bonchev–Trinajstić information content (AvgIpc) is 2.95. The lowest BCUT2D eigenvalue weighted by atomic mass is 9.67. The molecular weight excluding hydrogens is 482 g/mol. The third-order valence-electron chi connectivity index (χ3n) is 10.2. The van der Waals surface area contributed by atoms with E-state index in [0.29, 0.717) is 0 Å². The minimum Gasteiger partial charge on any atom is -0.242 e. The van der Waals surface area contributed by atoms with E-state index in [2.05, 4.69) is 51.1 Å². The second-order valence-electron chi connectivity index (χ2n) is 13.0. The Kier molecular flexibility index (Phi) is 13.8. The summed E-state index contributed by atoms with van der Waals surface area (Å²) < 4.78 is 31.5. The van der Waals surface area contributed by atoms with Gasteiger partial charge in [0.1, 0.15) is 12.3 Å². The van der Waals surface area contributed by atoms with E-state index in [-0.39, 0.29) is 10.8 Å². The number of alkyl halides is 2. The molecule has 39 heavy (non-hydrogen) atoms. The van der Waals surface area contributed by atoms with Gasteiger partial charge in [-0.15, -0.1) is 0 Å². The molecule has 2 saturated carbocycles. The van der Waals surface area contributed by atoms with Gasteiger partial charge in [0.15, 0.2) is 0 Å². The Morgan fingerprint density at radius 1 is 0.692 bits per heavy atom. The lowest BCUT2D eigenvalue weighted by Gasteiger charge is -2.39. The molecule has 0 radical (unpaired) electrons. The molecule has 1 aromatic carbocycles. The molecule has 2 aliphatic carbocycles. The predicted octanol–water partition coefficient (Wildman–Crippen LogP) is 11.9. The zero-order valence-corrected chi connectivity index (χ0v) is 25.6. The minimum absolute atomic E-state index is 0.148. The average molecular weight is 541 g/mol. The SMILES string of the molecule is CCCCCC1(C(F)C=CCc2cccc(C)c2CC=CC(F)C2(CCCCC)CCCCC2)CCCCC1. The van der Waals surface area contributed by atoms with E-state index in [0.717, 1.165) is 64.2 Å². The molecule has 0 saturated heterocycles. The van der Waals surface area contributed by atoms with Crippen LogP contribution in [0.5, 0.6) is 0 Å². The van der Waals surface area contributed by atoms with Crippen molar-refractivity contribution in [3.8, 4) is 0 Å². The van der Waals surface area contributed by atoms with E-state index < -0.39 is 12.3 Å². The first-order valence-electron chi connectivity index (χ1n) is 16.7. The minimum atomic E-state index is -0.853. The first kappa shape index (κ1) is 32.1. The summed E-state index contributed by atoms with van der Waals surface area (Å²) in [6, 6.07) is 6.43. The summed E-state index contributed by atoms with van der Waals surface area (Å²) >= 11 is 0. The van der Waals surface area contributed by atoms with Gasteiger partial charge >= 0.3 is 0 Å². The van der Waals surface area contributed by atoms with Crippen LogP contribution >= 0.6 is 0 Å². The molecule has 0 spiro atoms. The highest BCUT2D eigenvalue weighted by molar-refractivity contribution is 5.37. The van der Waals surface area contributed by atoms with E-state index in [4.69, 9.17) is 0 Å². The van der Waals surface area contributed by atoms with Gasteiger partial charge in [0.05, 0.1) is 0 Å². The largest absolute Gasteiger partial charge is 0.242 e. The van der Waals surface area contributed by atoms with E-state index in [1.54, 1.807) is 0 Å². The van der Waals surface area contributed by atoms with Crippen LogP contribution in [-0.4, -0.2) is 12.3 Å². The fourth-order valence-electron chi connectivity index (χ4n) is 7.57. The van der Waals surface area contributed by atoms with Crippen molar-refractivity contribution in [2.75, 3.05) is 0 Å². The summed E-state index contributed by atoms with van der Waals surface area (Å²) in [4.78, 5) is 0. The molecule has 1 aromatic rings. The Bertz CT molecular complexity index is 869. The number of unbranched alkanes of at least 4 members (excludes halogenated alkanes) is 4. The molecule has 220 valence electrons. The van der Waals surface area contributed by atoms with Crippen LogP contribution in [0.3, 0.4) is 0 Å². The second-order valence-corrected chi connectivity index (χ2v) is 13.0. The van der Waals surface area contributed by atoms with Gasteiger partial charge in [-0.05, 0) is 75.0 Å². The van der Waals surface area contributed by atoms with Crippen molar-refractivity contribution in [1.82, 2.24) is 0 Å². The van der Waals surface area contributed by atoms with Gasteiger partial charge < -0.3 is 0 Å². The highest BCUT2D eigenvalue weighted by Crippen LogP contribution is 2.46. The highest BCUT2D eigenvalue weighted by Gasteiger charge is 2.39. The summed E-state index contributed by atoms with van der Waals surface area (Å²) in [5, 5.41) is 0. The molecular formula is C37H58F2. The predicted molar refractivity (Wildman–Crippen MR) is 166 cm³/mol.